The Bertz CT molecular complexity index is 989. The SMILES string of the molecule is CCCOc1cc(OCCCC(=O)O)cc2c3c(n(CCCCCCCC#N)c12)C(C)CCC3. The van der Waals surface area contributed by atoms with Crippen molar-refractivity contribution < 1.29 is 19.4 Å². The van der Waals surface area contributed by atoms with Gasteiger partial charge in [0.05, 0.1) is 24.8 Å². The molecular weight excluding hydrogens is 428 g/mol. The number of carboxylic acids is 1. The van der Waals surface area contributed by atoms with Gasteiger partial charge in [-0.25, -0.2) is 0 Å². The first-order valence-corrected chi connectivity index (χ1v) is 13.1. The van der Waals surface area contributed by atoms with Gasteiger partial charge in [0.25, 0.3) is 0 Å². The predicted octanol–water partition coefficient (Wildman–Crippen LogP) is 6.98. The Morgan fingerprint density at radius 1 is 1.15 bits per heavy atom. The van der Waals surface area contributed by atoms with Gasteiger partial charge in [0.1, 0.15) is 11.5 Å². The molecule has 0 bridgehead atoms. The fourth-order valence-electron chi connectivity index (χ4n) is 5.12. The largest absolute Gasteiger partial charge is 0.493 e. The van der Waals surface area contributed by atoms with Crippen molar-refractivity contribution in [2.24, 2.45) is 0 Å². The monoisotopic (exact) mass is 468 g/mol. The lowest BCUT2D eigenvalue weighted by Crippen LogP contribution is -2.12. The number of nitriles is 1. The van der Waals surface area contributed by atoms with Gasteiger partial charge >= 0.3 is 5.97 Å². The maximum absolute atomic E-state index is 10.8. The highest BCUT2D eigenvalue weighted by Crippen LogP contribution is 2.43. The molecule has 1 aromatic heterocycles. The second-order valence-corrected chi connectivity index (χ2v) is 9.50. The standard InChI is InChI=1S/C28H40N2O4/c1-3-17-34-25-20-22(33-18-11-14-26(31)32)19-24-23-13-10-12-21(2)27(23)30(28(24)25)16-9-7-5-4-6-8-15-29/h19-21H,3-14,16-18H2,1-2H3,(H,31,32). The second kappa shape index (κ2) is 13.3. The van der Waals surface area contributed by atoms with Crippen LogP contribution in [-0.2, 0) is 17.8 Å². The van der Waals surface area contributed by atoms with E-state index in [-0.39, 0.29) is 6.42 Å². The molecule has 1 atom stereocenters. The zero-order valence-corrected chi connectivity index (χ0v) is 20.9. The van der Waals surface area contributed by atoms with E-state index < -0.39 is 5.97 Å². The van der Waals surface area contributed by atoms with Crippen molar-refractivity contribution in [1.29, 1.82) is 5.26 Å². The molecule has 34 heavy (non-hydrogen) atoms. The molecule has 1 N–H and O–H groups in total. The summed E-state index contributed by atoms with van der Waals surface area (Å²) in [5.74, 6) is 1.37. The maximum atomic E-state index is 10.8. The van der Waals surface area contributed by atoms with Gasteiger partial charge in [0.2, 0.25) is 0 Å². The molecule has 3 rings (SSSR count). The molecule has 0 saturated heterocycles. The first-order valence-electron chi connectivity index (χ1n) is 13.1. The van der Waals surface area contributed by atoms with E-state index >= 15 is 0 Å². The van der Waals surface area contributed by atoms with Crippen molar-refractivity contribution in [2.45, 2.75) is 103 Å². The highest BCUT2D eigenvalue weighted by atomic mass is 16.5. The third kappa shape index (κ3) is 6.68. The van der Waals surface area contributed by atoms with Crippen LogP contribution < -0.4 is 9.47 Å². The number of rotatable bonds is 15. The van der Waals surface area contributed by atoms with Crippen LogP contribution in [0.4, 0.5) is 0 Å². The van der Waals surface area contributed by atoms with E-state index in [4.69, 9.17) is 19.8 Å². The van der Waals surface area contributed by atoms with Crippen LogP contribution in [0.2, 0.25) is 0 Å². The number of fused-ring (bicyclic) bond motifs is 3. The lowest BCUT2D eigenvalue weighted by atomic mass is 9.88. The molecule has 1 heterocycles. The molecule has 1 aliphatic rings. The number of ether oxygens (including phenoxy) is 2. The number of aromatic nitrogens is 1. The van der Waals surface area contributed by atoms with Crippen LogP contribution in [0, 0.1) is 11.3 Å². The van der Waals surface area contributed by atoms with Crippen LogP contribution in [0.5, 0.6) is 11.5 Å². The van der Waals surface area contributed by atoms with E-state index in [1.807, 2.05) is 6.07 Å². The molecule has 2 aromatic rings. The molecule has 0 fully saturated rings. The summed E-state index contributed by atoms with van der Waals surface area (Å²) in [6.45, 7) is 6.47. The number of carbonyl (C=O) groups is 1. The van der Waals surface area contributed by atoms with Crippen LogP contribution in [0.15, 0.2) is 12.1 Å². The van der Waals surface area contributed by atoms with E-state index in [1.54, 1.807) is 0 Å². The van der Waals surface area contributed by atoms with Gasteiger partial charge in [-0.15, -0.1) is 0 Å². The molecule has 0 saturated carbocycles. The van der Waals surface area contributed by atoms with Crippen molar-refractivity contribution in [2.75, 3.05) is 13.2 Å². The van der Waals surface area contributed by atoms with Gasteiger partial charge in [-0.1, -0.05) is 33.1 Å². The van der Waals surface area contributed by atoms with E-state index in [1.165, 1.54) is 47.8 Å². The number of aliphatic carboxylic acids is 1. The van der Waals surface area contributed by atoms with Crippen molar-refractivity contribution in [3.05, 3.63) is 23.4 Å². The Labute approximate surface area is 203 Å². The lowest BCUT2D eigenvalue weighted by molar-refractivity contribution is -0.137. The molecule has 6 nitrogen and oxygen atoms in total. The predicted molar refractivity (Wildman–Crippen MR) is 135 cm³/mol. The minimum atomic E-state index is -0.795. The molecule has 1 unspecified atom stereocenters. The average molecular weight is 469 g/mol. The molecule has 1 aromatic carbocycles. The van der Waals surface area contributed by atoms with E-state index in [9.17, 15) is 4.79 Å². The molecule has 186 valence electrons. The van der Waals surface area contributed by atoms with Gasteiger partial charge in [-0.3, -0.25) is 4.79 Å². The van der Waals surface area contributed by atoms with Crippen molar-refractivity contribution in [3.63, 3.8) is 0 Å². The quantitative estimate of drug-likeness (QED) is 0.285. The third-order valence-corrected chi connectivity index (χ3v) is 6.71. The molecule has 6 heteroatoms. The summed E-state index contributed by atoms with van der Waals surface area (Å²) in [6, 6.07) is 6.37. The highest BCUT2D eigenvalue weighted by molar-refractivity contribution is 5.92. The summed E-state index contributed by atoms with van der Waals surface area (Å²) in [7, 11) is 0. The Balaban J connectivity index is 1.88. The minimum Gasteiger partial charge on any atom is -0.493 e. The van der Waals surface area contributed by atoms with Crippen LogP contribution >= 0.6 is 0 Å². The number of hydrogen-bond acceptors (Lipinski definition) is 4. The number of hydrogen-bond donors (Lipinski definition) is 1. The van der Waals surface area contributed by atoms with Gasteiger partial charge in [-0.05, 0) is 62.5 Å². The molecule has 1 aliphatic carbocycles. The molecule has 0 radical (unpaired) electrons. The van der Waals surface area contributed by atoms with E-state index in [0.717, 1.165) is 50.1 Å². The van der Waals surface area contributed by atoms with Gasteiger partial charge < -0.3 is 19.1 Å². The minimum absolute atomic E-state index is 0.112. The van der Waals surface area contributed by atoms with Gasteiger partial charge in [-0.2, -0.15) is 5.26 Å². The van der Waals surface area contributed by atoms with Crippen LogP contribution in [0.25, 0.3) is 10.9 Å². The highest BCUT2D eigenvalue weighted by Gasteiger charge is 2.27. The number of unbranched alkanes of at least 4 members (excludes halogenated alkanes) is 5. The van der Waals surface area contributed by atoms with E-state index in [0.29, 0.717) is 32.0 Å². The van der Waals surface area contributed by atoms with Crippen molar-refractivity contribution >= 4 is 16.9 Å². The van der Waals surface area contributed by atoms with Gasteiger partial charge in [0.15, 0.2) is 0 Å². The summed E-state index contributed by atoms with van der Waals surface area (Å²) in [6.07, 6.45) is 11.3. The Kier molecular flexibility index (Phi) is 10.1. The molecule has 0 spiro atoms. The van der Waals surface area contributed by atoms with Crippen LogP contribution in [0.3, 0.4) is 0 Å². The van der Waals surface area contributed by atoms with Crippen LogP contribution in [0.1, 0.15) is 102 Å². The smallest absolute Gasteiger partial charge is 0.303 e. The number of benzene rings is 1. The summed E-state index contributed by atoms with van der Waals surface area (Å²) in [5, 5.41) is 18.9. The number of aryl methyl sites for hydroxylation is 2. The zero-order chi connectivity index (χ0) is 24.3. The molecule has 0 aliphatic heterocycles. The van der Waals surface area contributed by atoms with E-state index in [2.05, 4.69) is 30.6 Å². The first kappa shape index (κ1) is 25.9. The number of nitrogens with zero attached hydrogens (tertiary/aromatic N) is 2. The Hall–Kier alpha value is -2.68. The summed E-state index contributed by atoms with van der Waals surface area (Å²) in [5.41, 5.74) is 4.07. The average Bonchev–Trinajstić information content (AvgIpc) is 3.14. The van der Waals surface area contributed by atoms with Gasteiger partial charge in [0, 0.05) is 36.5 Å². The summed E-state index contributed by atoms with van der Waals surface area (Å²) < 4.78 is 14.8. The maximum Gasteiger partial charge on any atom is 0.303 e. The summed E-state index contributed by atoms with van der Waals surface area (Å²) in [4.78, 5) is 10.8. The van der Waals surface area contributed by atoms with Crippen molar-refractivity contribution in [1.82, 2.24) is 4.57 Å². The zero-order valence-electron chi connectivity index (χ0n) is 20.9. The normalized spacial score (nSPS) is 15.1. The fraction of sp³-hybridized carbons (Fsp3) is 0.643. The first-order chi connectivity index (χ1) is 16.6. The summed E-state index contributed by atoms with van der Waals surface area (Å²) >= 11 is 0. The lowest BCUT2D eigenvalue weighted by Gasteiger charge is -2.22. The fourth-order valence-corrected chi connectivity index (χ4v) is 5.12. The number of carboxylic acid groups (broad SMARTS) is 1. The van der Waals surface area contributed by atoms with Crippen LogP contribution in [-0.4, -0.2) is 28.9 Å². The molecule has 0 amide bonds. The van der Waals surface area contributed by atoms with Crippen molar-refractivity contribution in [3.8, 4) is 17.6 Å². The third-order valence-electron chi connectivity index (χ3n) is 6.71. The molecular formula is C28H40N2O4. The Morgan fingerprint density at radius 2 is 1.94 bits per heavy atom. The Morgan fingerprint density at radius 3 is 2.71 bits per heavy atom. The topological polar surface area (TPSA) is 84.5 Å². The second-order valence-electron chi connectivity index (χ2n) is 9.50.